The molecule has 164 valence electrons. The van der Waals surface area contributed by atoms with E-state index in [0.717, 1.165) is 9.65 Å². The average molecular weight is 540 g/mol. The summed E-state index contributed by atoms with van der Waals surface area (Å²) in [6.07, 6.45) is -0.648. The Balaban J connectivity index is 2.29. The molecule has 2 rings (SSSR count). The number of ether oxygens (including phenoxy) is 2. The van der Waals surface area contributed by atoms with Gasteiger partial charge in [0.05, 0.1) is 0 Å². The lowest BCUT2D eigenvalue weighted by Crippen LogP contribution is -2.27. The van der Waals surface area contributed by atoms with Crippen LogP contribution in [0, 0.1) is 3.57 Å². The van der Waals surface area contributed by atoms with E-state index in [0.29, 0.717) is 11.3 Å². The second-order valence-corrected chi connectivity index (χ2v) is 7.57. The van der Waals surface area contributed by atoms with Gasteiger partial charge in [0.2, 0.25) is 0 Å². The van der Waals surface area contributed by atoms with Crippen LogP contribution in [0.3, 0.4) is 0 Å². The van der Waals surface area contributed by atoms with E-state index in [1.165, 1.54) is 31.7 Å². The van der Waals surface area contributed by atoms with E-state index >= 15 is 0 Å². The van der Waals surface area contributed by atoms with E-state index < -0.39 is 24.2 Å². The number of rotatable bonds is 8. The molecular weight excluding hydrogens is 519 g/mol. The SMILES string of the molecule is CO[C@@H](/C=C/C(=O)NO)[C@@H](OC(=O)Nc1ccc(C(C)=O)cc1)c1cc(I)ccc1O. The van der Waals surface area contributed by atoms with Gasteiger partial charge in [0, 0.05) is 33.6 Å². The molecule has 0 saturated carbocycles. The Kier molecular flexibility index (Phi) is 8.97. The Hall–Kier alpha value is -2.96. The highest BCUT2D eigenvalue weighted by Crippen LogP contribution is 2.33. The summed E-state index contributed by atoms with van der Waals surface area (Å²) in [7, 11) is 1.34. The molecule has 2 atom stereocenters. The minimum Gasteiger partial charge on any atom is -0.508 e. The standard InChI is InChI=1S/C21H21IN2O7/c1-12(25)13-3-6-15(7-4-13)23-21(28)31-20(16-11-14(22)5-8-17(16)26)18(30-2)9-10-19(27)24-29/h3-11,18,20,26,29H,1-2H3,(H,23,28)(H,24,27)/b10-9+/t18-,20-/m0/s1. The third-order valence-corrected chi connectivity index (χ3v) is 4.86. The summed E-state index contributed by atoms with van der Waals surface area (Å²) >= 11 is 2.04. The monoisotopic (exact) mass is 540 g/mol. The van der Waals surface area contributed by atoms with Gasteiger partial charge in [-0.3, -0.25) is 20.1 Å². The van der Waals surface area contributed by atoms with E-state index in [9.17, 15) is 19.5 Å². The normalized spacial score (nSPS) is 12.8. The van der Waals surface area contributed by atoms with Crippen molar-refractivity contribution in [1.29, 1.82) is 0 Å². The van der Waals surface area contributed by atoms with Crippen LogP contribution in [0.1, 0.15) is 28.9 Å². The Morgan fingerprint density at radius 2 is 1.81 bits per heavy atom. The maximum absolute atomic E-state index is 12.5. The maximum Gasteiger partial charge on any atom is 0.412 e. The van der Waals surface area contributed by atoms with Crippen LogP contribution in [-0.2, 0) is 14.3 Å². The van der Waals surface area contributed by atoms with Crippen LogP contribution in [0.15, 0.2) is 54.6 Å². The predicted molar refractivity (Wildman–Crippen MR) is 120 cm³/mol. The van der Waals surface area contributed by atoms with Crippen molar-refractivity contribution in [2.24, 2.45) is 0 Å². The van der Waals surface area contributed by atoms with Crippen molar-refractivity contribution in [3.8, 4) is 5.75 Å². The van der Waals surface area contributed by atoms with Gasteiger partial charge in [-0.05, 0) is 78.1 Å². The molecule has 0 aromatic heterocycles. The minimum atomic E-state index is -1.13. The molecule has 0 aliphatic heterocycles. The number of halogens is 1. The molecule has 10 heteroatoms. The molecule has 0 spiro atoms. The predicted octanol–water partition coefficient (Wildman–Crippen LogP) is 3.57. The number of aromatic hydroxyl groups is 1. The topological polar surface area (TPSA) is 134 Å². The van der Waals surface area contributed by atoms with Crippen molar-refractivity contribution in [3.63, 3.8) is 0 Å². The Morgan fingerprint density at radius 1 is 1.13 bits per heavy atom. The lowest BCUT2D eigenvalue weighted by molar-refractivity contribution is -0.124. The number of phenolic OH excluding ortho intramolecular Hbond substituents is 1. The highest BCUT2D eigenvalue weighted by atomic mass is 127. The summed E-state index contributed by atoms with van der Waals surface area (Å²) in [5, 5.41) is 21.5. The summed E-state index contributed by atoms with van der Waals surface area (Å²) in [5.74, 6) is -1.04. The van der Waals surface area contributed by atoms with Crippen molar-refractivity contribution in [2.45, 2.75) is 19.1 Å². The number of hydrogen-bond donors (Lipinski definition) is 4. The summed E-state index contributed by atoms with van der Waals surface area (Å²) in [6.45, 7) is 1.43. The molecule has 2 aromatic rings. The largest absolute Gasteiger partial charge is 0.508 e. The van der Waals surface area contributed by atoms with E-state index in [-0.39, 0.29) is 17.1 Å². The molecule has 2 amide bonds. The first-order valence-corrected chi connectivity index (χ1v) is 10.0. The quantitative estimate of drug-likeness (QED) is 0.132. The second kappa shape index (κ2) is 11.4. The zero-order chi connectivity index (χ0) is 23.0. The second-order valence-electron chi connectivity index (χ2n) is 6.32. The van der Waals surface area contributed by atoms with E-state index in [4.69, 9.17) is 14.7 Å². The third kappa shape index (κ3) is 7.05. The van der Waals surface area contributed by atoms with Gasteiger partial charge >= 0.3 is 6.09 Å². The fourth-order valence-electron chi connectivity index (χ4n) is 2.63. The Labute approximate surface area is 192 Å². The van der Waals surface area contributed by atoms with Crippen molar-refractivity contribution >= 4 is 46.1 Å². The summed E-state index contributed by atoms with van der Waals surface area (Å²) in [5.41, 5.74) is 2.60. The smallest absolute Gasteiger partial charge is 0.412 e. The number of Topliss-reactive ketones (excluding diaryl/α,β-unsaturated/α-hetero) is 1. The number of carbonyl (C=O) groups excluding carboxylic acids is 3. The summed E-state index contributed by atoms with van der Waals surface area (Å²) in [6, 6.07) is 11.0. The van der Waals surface area contributed by atoms with Crippen molar-refractivity contribution in [1.82, 2.24) is 5.48 Å². The van der Waals surface area contributed by atoms with E-state index in [2.05, 4.69) is 5.32 Å². The number of hydroxylamine groups is 1. The molecule has 0 fully saturated rings. The number of phenols is 1. The highest BCUT2D eigenvalue weighted by molar-refractivity contribution is 14.1. The number of methoxy groups -OCH3 is 1. The van der Waals surface area contributed by atoms with Crippen molar-refractivity contribution in [2.75, 3.05) is 12.4 Å². The number of amides is 2. The van der Waals surface area contributed by atoms with Gasteiger partial charge < -0.3 is 14.6 Å². The molecule has 0 bridgehead atoms. The molecule has 9 nitrogen and oxygen atoms in total. The zero-order valence-electron chi connectivity index (χ0n) is 16.7. The van der Waals surface area contributed by atoms with Crippen LogP contribution in [0.5, 0.6) is 5.75 Å². The average Bonchev–Trinajstić information content (AvgIpc) is 2.75. The van der Waals surface area contributed by atoms with Gasteiger partial charge in [0.1, 0.15) is 11.9 Å². The lowest BCUT2D eigenvalue weighted by Gasteiger charge is -2.25. The molecule has 0 aliphatic carbocycles. The maximum atomic E-state index is 12.5. The van der Waals surface area contributed by atoms with E-state index in [1.807, 2.05) is 22.6 Å². The van der Waals surface area contributed by atoms with Gasteiger partial charge in [-0.15, -0.1) is 0 Å². The molecule has 0 radical (unpaired) electrons. The van der Waals surface area contributed by atoms with Gasteiger partial charge in [-0.1, -0.05) is 0 Å². The van der Waals surface area contributed by atoms with Crippen LogP contribution in [0.25, 0.3) is 0 Å². The Morgan fingerprint density at radius 3 is 2.39 bits per heavy atom. The number of ketones is 1. The zero-order valence-corrected chi connectivity index (χ0v) is 18.8. The molecular formula is C21H21IN2O7. The lowest BCUT2D eigenvalue weighted by atomic mass is 10.0. The summed E-state index contributed by atoms with van der Waals surface area (Å²) < 4.78 is 11.6. The number of carbonyl (C=O) groups is 3. The first kappa shape index (κ1) is 24.3. The molecule has 31 heavy (non-hydrogen) atoms. The molecule has 0 heterocycles. The molecule has 2 aromatic carbocycles. The molecule has 0 aliphatic rings. The summed E-state index contributed by atoms with van der Waals surface area (Å²) in [4.78, 5) is 35.3. The Bertz CT molecular complexity index is 976. The fourth-order valence-corrected chi connectivity index (χ4v) is 3.15. The number of benzene rings is 2. The van der Waals surface area contributed by atoms with Crippen molar-refractivity contribution < 1.29 is 34.2 Å². The van der Waals surface area contributed by atoms with Crippen LogP contribution in [-0.4, -0.2) is 41.3 Å². The first-order chi connectivity index (χ1) is 14.7. The van der Waals surface area contributed by atoms with Crippen LogP contribution in [0.4, 0.5) is 10.5 Å². The van der Waals surface area contributed by atoms with Crippen LogP contribution in [0.2, 0.25) is 0 Å². The van der Waals surface area contributed by atoms with Gasteiger partial charge in [-0.25, -0.2) is 10.3 Å². The minimum absolute atomic E-state index is 0.106. The third-order valence-electron chi connectivity index (χ3n) is 4.19. The van der Waals surface area contributed by atoms with Crippen molar-refractivity contribution in [3.05, 3.63) is 69.3 Å². The van der Waals surface area contributed by atoms with Crippen LogP contribution < -0.4 is 10.8 Å². The number of nitrogens with one attached hydrogen (secondary N) is 2. The van der Waals surface area contributed by atoms with Gasteiger partial charge in [0.25, 0.3) is 5.91 Å². The first-order valence-electron chi connectivity index (χ1n) is 8.97. The number of anilines is 1. The molecule has 0 saturated heterocycles. The van der Waals surface area contributed by atoms with Crippen LogP contribution >= 0.6 is 22.6 Å². The van der Waals surface area contributed by atoms with Gasteiger partial charge in [0.15, 0.2) is 11.9 Å². The highest BCUT2D eigenvalue weighted by Gasteiger charge is 2.28. The number of hydrogen-bond acceptors (Lipinski definition) is 7. The van der Waals surface area contributed by atoms with E-state index in [1.54, 1.807) is 36.4 Å². The fraction of sp³-hybridized carbons (Fsp3) is 0.190. The molecule has 4 N–H and O–H groups in total. The van der Waals surface area contributed by atoms with Gasteiger partial charge in [-0.2, -0.15) is 0 Å². The molecule has 0 unspecified atom stereocenters.